The summed E-state index contributed by atoms with van der Waals surface area (Å²) in [5.74, 6) is 0. The second-order valence-electron chi connectivity index (χ2n) is 5.49. The van der Waals surface area contributed by atoms with Crippen LogP contribution in [0.15, 0.2) is 22.1 Å². The number of nitrogens with zero attached hydrogens (tertiary/aromatic N) is 2. The van der Waals surface area contributed by atoms with Gasteiger partial charge in [-0.15, -0.1) is 11.3 Å². The van der Waals surface area contributed by atoms with Crippen LogP contribution < -0.4 is 5.32 Å². The van der Waals surface area contributed by atoms with Crippen molar-refractivity contribution in [3.63, 3.8) is 0 Å². The van der Waals surface area contributed by atoms with Crippen LogP contribution in [0.4, 0.5) is 0 Å². The van der Waals surface area contributed by atoms with Gasteiger partial charge in [0.1, 0.15) is 0 Å². The molecule has 2 aromatic rings. The molecular weight excluding hydrogens is 350 g/mol. The monoisotopic (exact) mass is 369 g/mol. The molecule has 0 aliphatic heterocycles. The van der Waals surface area contributed by atoms with E-state index in [-0.39, 0.29) is 6.61 Å². The second-order valence-corrected chi connectivity index (χ2v) is 7.35. The molecule has 0 radical (unpaired) electrons. The molecule has 114 valence electrons. The van der Waals surface area contributed by atoms with Crippen molar-refractivity contribution in [2.45, 2.75) is 44.8 Å². The molecule has 0 fully saturated rings. The van der Waals surface area contributed by atoms with Crippen LogP contribution in [0.5, 0.6) is 0 Å². The van der Waals surface area contributed by atoms with Crippen LogP contribution in [-0.2, 0) is 13.0 Å². The summed E-state index contributed by atoms with van der Waals surface area (Å²) in [6.07, 6.45) is 5.35. The highest BCUT2D eigenvalue weighted by molar-refractivity contribution is 9.10. The third kappa shape index (κ3) is 3.23. The van der Waals surface area contributed by atoms with Gasteiger partial charge in [-0.25, -0.2) is 0 Å². The van der Waals surface area contributed by atoms with E-state index in [2.05, 4.69) is 44.7 Å². The number of hydrogen-bond donors (Lipinski definition) is 2. The summed E-state index contributed by atoms with van der Waals surface area (Å²) in [5, 5.41) is 19.4. The Labute approximate surface area is 137 Å². The van der Waals surface area contributed by atoms with E-state index >= 15 is 0 Å². The predicted molar refractivity (Wildman–Crippen MR) is 88.6 cm³/mol. The van der Waals surface area contributed by atoms with Crippen LogP contribution in [0.2, 0.25) is 0 Å². The normalized spacial score (nSPS) is 19.5. The fraction of sp³-hybridized carbons (Fsp3) is 0.533. The lowest BCUT2D eigenvalue weighted by molar-refractivity contribution is 0.266. The van der Waals surface area contributed by atoms with Gasteiger partial charge in [-0.2, -0.15) is 5.10 Å². The average Bonchev–Trinajstić information content (AvgIpc) is 3.07. The molecule has 3 rings (SSSR count). The second kappa shape index (κ2) is 6.60. The molecule has 21 heavy (non-hydrogen) atoms. The zero-order valence-corrected chi connectivity index (χ0v) is 14.5. The Morgan fingerprint density at radius 2 is 2.48 bits per heavy atom. The van der Waals surface area contributed by atoms with E-state index in [1.807, 2.05) is 10.9 Å². The van der Waals surface area contributed by atoms with Gasteiger partial charge >= 0.3 is 0 Å². The van der Waals surface area contributed by atoms with Gasteiger partial charge in [0.2, 0.25) is 0 Å². The fourth-order valence-corrected chi connectivity index (χ4v) is 4.48. The molecule has 0 saturated heterocycles. The first-order chi connectivity index (χ1) is 10.2. The molecule has 2 atom stereocenters. The maximum atomic E-state index is 9.12. The van der Waals surface area contributed by atoms with Crippen molar-refractivity contribution in [1.82, 2.24) is 15.1 Å². The van der Waals surface area contributed by atoms with Crippen LogP contribution in [0.3, 0.4) is 0 Å². The zero-order chi connectivity index (χ0) is 14.8. The summed E-state index contributed by atoms with van der Waals surface area (Å²) in [5.41, 5.74) is 2.59. The lowest BCUT2D eigenvalue weighted by Gasteiger charge is -2.27. The van der Waals surface area contributed by atoms with Gasteiger partial charge in [0.05, 0.1) is 19.3 Å². The third-order valence-electron chi connectivity index (χ3n) is 4.04. The van der Waals surface area contributed by atoms with Crippen molar-refractivity contribution >= 4 is 27.3 Å². The van der Waals surface area contributed by atoms with Gasteiger partial charge in [0, 0.05) is 38.1 Å². The number of fused-ring (bicyclic) bond motifs is 1. The smallest absolute Gasteiger partial charge is 0.0644 e. The topological polar surface area (TPSA) is 50.1 Å². The van der Waals surface area contributed by atoms with Crippen molar-refractivity contribution in [3.8, 4) is 0 Å². The summed E-state index contributed by atoms with van der Waals surface area (Å²) in [6, 6.07) is 2.87. The molecule has 4 nitrogen and oxygen atoms in total. The fourth-order valence-electron chi connectivity index (χ4n) is 3.02. The van der Waals surface area contributed by atoms with Gasteiger partial charge in [-0.3, -0.25) is 4.68 Å². The van der Waals surface area contributed by atoms with Gasteiger partial charge in [-0.1, -0.05) is 0 Å². The van der Waals surface area contributed by atoms with E-state index in [1.54, 1.807) is 11.3 Å². The summed E-state index contributed by atoms with van der Waals surface area (Å²) < 4.78 is 3.10. The maximum absolute atomic E-state index is 9.12. The quantitative estimate of drug-likeness (QED) is 0.848. The van der Waals surface area contributed by atoms with Gasteiger partial charge in [0.15, 0.2) is 0 Å². The molecule has 2 aromatic heterocycles. The molecule has 0 spiro atoms. The SMILES string of the molecule is CC(NC1CCCc2c1cnn2CCO)c1cc(Br)cs1. The molecule has 0 amide bonds. The Morgan fingerprint density at radius 1 is 1.62 bits per heavy atom. The first-order valence-electron chi connectivity index (χ1n) is 7.34. The van der Waals surface area contributed by atoms with Crippen LogP contribution in [0, 0.1) is 0 Å². The Kier molecular flexibility index (Phi) is 4.78. The average molecular weight is 370 g/mol. The molecular formula is C15H20BrN3OS. The van der Waals surface area contributed by atoms with E-state index in [1.165, 1.54) is 22.6 Å². The highest BCUT2D eigenvalue weighted by Gasteiger charge is 2.25. The summed E-state index contributed by atoms with van der Waals surface area (Å²) in [6.45, 7) is 2.95. The first-order valence-corrected chi connectivity index (χ1v) is 9.01. The molecule has 1 aliphatic carbocycles. The summed E-state index contributed by atoms with van der Waals surface area (Å²) in [4.78, 5) is 1.34. The van der Waals surface area contributed by atoms with Crippen molar-refractivity contribution in [2.75, 3.05) is 6.61 Å². The van der Waals surface area contributed by atoms with E-state index < -0.39 is 0 Å². The van der Waals surface area contributed by atoms with Crippen LogP contribution in [-0.4, -0.2) is 21.5 Å². The molecule has 2 unspecified atom stereocenters. The maximum Gasteiger partial charge on any atom is 0.0644 e. The third-order valence-corrected chi connectivity index (χ3v) is 5.92. The Morgan fingerprint density at radius 3 is 3.19 bits per heavy atom. The number of aliphatic hydroxyl groups is 1. The summed E-state index contributed by atoms with van der Waals surface area (Å²) >= 11 is 5.30. The Bertz CT molecular complexity index is 610. The van der Waals surface area contributed by atoms with Crippen LogP contribution in [0.25, 0.3) is 0 Å². The van der Waals surface area contributed by atoms with Gasteiger partial charge in [-0.05, 0) is 48.2 Å². The number of nitrogens with one attached hydrogen (secondary N) is 1. The minimum atomic E-state index is 0.145. The molecule has 2 N–H and O–H groups in total. The Balaban J connectivity index is 1.76. The number of thiophene rings is 1. The van der Waals surface area contributed by atoms with E-state index in [4.69, 9.17) is 5.11 Å². The largest absolute Gasteiger partial charge is 0.394 e. The van der Waals surface area contributed by atoms with Gasteiger partial charge < -0.3 is 10.4 Å². The molecule has 1 aliphatic rings. The van der Waals surface area contributed by atoms with E-state index in [9.17, 15) is 0 Å². The lowest BCUT2D eigenvalue weighted by atomic mass is 9.92. The molecule has 6 heteroatoms. The number of aliphatic hydroxyl groups excluding tert-OH is 1. The minimum absolute atomic E-state index is 0.145. The van der Waals surface area contributed by atoms with Crippen LogP contribution >= 0.6 is 27.3 Å². The molecule has 0 bridgehead atoms. The predicted octanol–water partition coefficient (Wildman–Crippen LogP) is 3.43. The minimum Gasteiger partial charge on any atom is -0.394 e. The van der Waals surface area contributed by atoms with E-state index in [0.717, 1.165) is 17.3 Å². The lowest BCUT2D eigenvalue weighted by Crippen LogP contribution is -2.27. The van der Waals surface area contributed by atoms with E-state index in [0.29, 0.717) is 18.6 Å². The van der Waals surface area contributed by atoms with Crippen molar-refractivity contribution in [3.05, 3.63) is 38.3 Å². The highest BCUT2D eigenvalue weighted by Crippen LogP contribution is 2.33. The first kappa shape index (κ1) is 15.2. The van der Waals surface area contributed by atoms with Crippen molar-refractivity contribution < 1.29 is 5.11 Å². The number of rotatable bonds is 5. The van der Waals surface area contributed by atoms with Crippen molar-refractivity contribution in [2.24, 2.45) is 0 Å². The molecule has 0 saturated carbocycles. The van der Waals surface area contributed by atoms with Crippen molar-refractivity contribution in [1.29, 1.82) is 0 Å². The highest BCUT2D eigenvalue weighted by atomic mass is 79.9. The molecule has 0 aromatic carbocycles. The number of aromatic nitrogens is 2. The Hall–Kier alpha value is -0.690. The zero-order valence-electron chi connectivity index (χ0n) is 12.1. The summed E-state index contributed by atoms with van der Waals surface area (Å²) in [7, 11) is 0. The number of hydrogen-bond acceptors (Lipinski definition) is 4. The van der Waals surface area contributed by atoms with Crippen LogP contribution in [0.1, 0.15) is 48.0 Å². The standard InChI is InChI=1S/C15H20BrN3OS/c1-10(15-7-11(16)9-21-15)18-13-3-2-4-14-12(13)8-17-19(14)5-6-20/h7-10,13,18,20H,2-6H2,1H3. The number of halogens is 1. The molecule has 2 heterocycles. The van der Waals surface area contributed by atoms with Gasteiger partial charge in [0.25, 0.3) is 0 Å².